The van der Waals surface area contributed by atoms with Crippen molar-refractivity contribution < 1.29 is 14.3 Å². The Kier molecular flexibility index (Phi) is 9.47. The van der Waals surface area contributed by atoms with E-state index >= 15 is 0 Å². The highest BCUT2D eigenvalue weighted by molar-refractivity contribution is 6.39. The Hall–Kier alpha value is -3.26. The average molecular weight is 582 g/mol. The number of carbonyl (C=O) groups excluding carboxylic acids is 2. The first kappa shape index (κ1) is 28.3. The summed E-state index contributed by atoms with van der Waals surface area (Å²) in [6.07, 6.45) is 5.15. The van der Waals surface area contributed by atoms with Gasteiger partial charge in [0, 0.05) is 37.6 Å². The van der Waals surface area contributed by atoms with Gasteiger partial charge < -0.3 is 25.6 Å². The number of benzene rings is 3. The van der Waals surface area contributed by atoms with Gasteiger partial charge in [-0.05, 0) is 73.9 Å². The maximum atomic E-state index is 13.4. The van der Waals surface area contributed by atoms with Crippen molar-refractivity contribution in [3.8, 4) is 0 Å². The molecule has 40 heavy (non-hydrogen) atoms. The molecule has 0 bridgehead atoms. The molecule has 9 heteroatoms. The molecule has 0 aromatic heterocycles. The lowest BCUT2D eigenvalue weighted by Gasteiger charge is -2.35. The minimum Gasteiger partial charge on any atom is -0.376 e. The fraction of sp³-hybridized carbons (Fsp3) is 0.355. The van der Waals surface area contributed by atoms with Gasteiger partial charge in [0.25, 0.3) is 5.91 Å². The number of rotatable bonds is 8. The van der Waals surface area contributed by atoms with E-state index in [-0.39, 0.29) is 12.0 Å². The molecule has 2 saturated heterocycles. The van der Waals surface area contributed by atoms with E-state index in [9.17, 15) is 9.59 Å². The molecular weight excluding hydrogens is 547 g/mol. The van der Waals surface area contributed by atoms with E-state index in [1.54, 1.807) is 24.3 Å². The van der Waals surface area contributed by atoms with Gasteiger partial charge in [0.2, 0.25) is 0 Å². The minimum atomic E-state index is -0.504. The molecule has 3 amide bonds. The molecule has 5 rings (SSSR count). The number of hydrogen-bond acceptors (Lipinski definition) is 4. The Labute approximate surface area is 245 Å². The molecule has 0 saturated carbocycles. The van der Waals surface area contributed by atoms with Gasteiger partial charge in [-0.3, -0.25) is 4.79 Å². The van der Waals surface area contributed by atoms with Crippen molar-refractivity contribution in [1.82, 2.24) is 5.32 Å². The van der Waals surface area contributed by atoms with E-state index < -0.39 is 6.03 Å². The van der Waals surface area contributed by atoms with E-state index in [1.807, 2.05) is 18.2 Å². The van der Waals surface area contributed by atoms with Crippen LogP contribution in [-0.2, 0) is 11.2 Å². The zero-order chi connectivity index (χ0) is 27.9. The van der Waals surface area contributed by atoms with Crippen molar-refractivity contribution in [3.05, 3.63) is 87.9 Å². The lowest BCUT2D eigenvalue weighted by molar-refractivity contribution is 0.0858. The van der Waals surface area contributed by atoms with Gasteiger partial charge in [-0.15, -0.1) is 0 Å². The summed E-state index contributed by atoms with van der Waals surface area (Å²) in [5, 5.41) is 9.23. The molecule has 3 aromatic carbocycles. The van der Waals surface area contributed by atoms with Crippen molar-refractivity contribution in [1.29, 1.82) is 0 Å². The van der Waals surface area contributed by atoms with E-state index in [0.29, 0.717) is 39.4 Å². The molecule has 1 atom stereocenters. The van der Waals surface area contributed by atoms with Crippen LogP contribution in [0.3, 0.4) is 0 Å². The highest BCUT2D eigenvalue weighted by Crippen LogP contribution is 2.32. The van der Waals surface area contributed by atoms with Gasteiger partial charge in [0.05, 0.1) is 27.4 Å². The Morgan fingerprint density at radius 2 is 1.65 bits per heavy atom. The molecule has 2 heterocycles. The summed E-state index contributed by atoms with van der Waals surface area (Å²) in [5.74, 6) is 0.423. The summed E-state index contributed by atoms with van der Waals surface area (Å²) in [7, 11) is 0. The fourth-order valence-corrected chi connectivity index (χ4v) is 5.89. The first-order valence-electron chi connectivity index (χ1n) is 13.8. The second-order valence-electron chi connectivity index (χ2n) is 10.4. The molecule has 2 aliphatic heterocycles. The highest BCUT2D eigenvalue weighted by atomic mass is 35.5. The van der Waals surface area contributed by atoms with Gasteiger partial charge in [-0.1, -0.05) is 59.6 Å². The van der Waals surface area contributed by atoms with Crippen molar-refractivity contribution in [3.63, 3.8) is 0 Å². The van der Waals surface area contributed by atoms with Crippen molar-refractivity contribution in [2.75, 3.05) is 41.8 Å². The summed E-state index contributed by atoms with van der Waals surface area (Å²) in [6, 6.07) is 20.6. The van der Waals surface area contributed by atoms with Crippen molar-refractivity contribution >= 4 is 52.2 Å². The third-order valence-corrected chi connectivity index (χ3v) is 8.17. The summed E-state index contributed by atoms with van der Waals surface area (Å²) in [6.45, 7) is 2.91. The zero-order valence-electron chi connectivity index (χ0n) is 22.3. The van der Waals surface area contributed by atoms with Crippen LogP contribution in [0.25, 0.3) is 0 Å². The number of carbonyl (C=O) groups is 2. The number of hydrogen-bond donors (Lipinski definition) is 3. The number of piperidine rings is 1. The van der Waals surface area contributed by atoms with Crippen LogP contribution in [0.15, 0.2) is 66.7 Å². The summed E-state index contributed by atoms with van der Waals surface area (Å²) < 4.78 is 5.69. The standard InChI is InChI=1S/C31H34Cl2N4O3/c32-26-9-4-10-27(33)29(26)36-31(39)35-23-11-12-28(25(19-23)30(38)34-20-24-8-5-17-40-24)37-15-13-22(14-16-37)18-21-6-2-1-3-7-21/h1-4,6-7,9-12,19,22,24H,5,8,13-18,20H2,(H,34,38)(H2,35,36,39). The number of ether oxygens (including phenoxy) is 1. The van der Waals surface area contributed by atoms with Crippen LogP contribution in [0, 0.1) is 5.92 Å². The number of halogens is 2. The Balaban J connectivity index is 1.29. The number of nitrogens with one attached hydrogen (secondary N) is 3. The van der Waals surface area contributed by atoms with Crippen molar-refractivity contribution in [2.24, 2.45) is 5.92 Å². The van der Waals surface area contributed by atoms with Crippen LogP contribution in [0.1, 0.15) is 41.6 Å². The second-order valence-corrected chi connectivity index (χ2v) is 11.2. The molecule has 3 aromatic rings. The van der Waals surface area contributed by atoms with E-state index in [2.05, 4.69) is 45.1 Å². The average Bonchev–Trinajstić information content (AvgIpc) is 3.49. The van der Waals surface area contributed by atoms with Crippen LogP contribution in [0.2, 0.25) is 10.0 Å². The zero-order valence-corrected chi connectivity index (χ0v) is 23.8. The number of para-hydroxylation sites is 1. The summed E-state index contributed by atoms with van der Waals surface area (Å²) in [5.41, 5.74) is 3.57. The molecule has 2 aliphatic rings. The van der Waals surface area contributed by atoms with Crippen LogP contribution in [0.4, 0.5) is 21.9 Å². The minimum absolute atomic E-state index is 0.0357. The first-order valence-corrected chi connectivity index (χ1v) is 14.6. The highest BCUT2D eigenvalue weighted by Gasteiger charge is 2.25. The second kappa shape index (κ2) is 13.4. The number of urea groups is 1. The van der Waals surface area contributed by atoms with E-state index in [0.717, 1.165) is 57.5 Å². The maximum absolute atomic E-state index is 13.4. The third kappa shape index (κ3) is 7.27. The van der Waals surface area contributed by atoms with E-state index in [4.69, 9.17) is 27.9 Å². The number of nitrogens with zero attached hydrogens (tertiary/aromatic N) is 1. The maximum Gasteiger partial charge on any atom is 0.323 e. The molecule has 0 radical (unpaired) electrons. The molecule has 2 fully saturated rings. The lowest BCUT2D eigenvalue weighted by atomic mass is 9.89. The first-order chi connectivity index (χ1) is 19.5. The van der Waals surface area contributed by atoms with Gasteiger partial charge in [0.15, 0.2) is 0 Å². The quantitative estimate of drug-likeness (QED) is 0.268. The van der Waals surface area contributed by atoms with Crippen LogP contribution >= 0.6 is 23.2 Å². The van der Waals surface area contributed by atoms with Gasteiger partial charge >= 0.3 is 6.03 Å². The molecule has 210 valence electrons. The lowest BCUT2D eigenvalue weighted by Crippen LogP contribution is -2.37. The topological polar surface area (TPSA) is 82.7 Å². The Morgan fingerprint density at radius 1 is 0.900 bits per heavy atom. The monoisotopic (exact) mass is 580 g/mol. The van der Waals surface area contributed by atoms with Crippen LogP contribution < -0.4 is 20.9 Å². The largest absolute Gasteiger partial charge is 0.376 e. The van der Waals surface area contributed by atoms with Crippen LogP contribution in [-0.4, -0.2) is 44.3 Å². The van der Waals surface area contributed by atoms with Gasteiger partial charge in [-0.25, -0.2) is 4.79 Å². The molecule has 0 spiro atoms. The summed E-state index contributed by atoms with van der Waals surface area (Å²) in [4.78, 5) is 28.5. The third-order valence-electron chi connectivity index (χ3n) is 7.54. The van der Waals surface area contributed by atoms with Crippen LogP contribution in [0.5, 0.6) is 0 Å². The van der Waals surface area contributed by atoms with Gasteiger partial charge in [-0.2, -0.15) is 0 Å². The SMILES string of the molecule is O=C(Nc1ccc(N2CCC(Cc3ccccc3)CC2)c(C(=O)NCC2CCCO2)c1)Nc1c(Cl)cccc1Cl. The smallest absolute Gasteiger partial charge is 0.323 e. The molecular formula is C31H34Cl2N4O3. The molecule has 7 nitrogen and oxygen atoms in total. The predicted molar refractivity (Wildman–Crippen MR) is 162 cm³/mol. The molecule has 0 aliphatic carbocycles. The predicted octanol–water partition coefficient (Wildman–Crippen LogP) is 7.01. The van der Waals surface area contributed by atoms with Crippen molar-refractivity contribution in [2.45, 2.75) is 38.2 Å². The fourth-order valence-electron chi connectivity index (χ4n) is 5.40. The van der Waals surface area contributed by atoms with Gasteiger partial charge in [0.1, 0.15) is 0 Å². The number of amides is 3. The van der Waals surface area contributed by atoms with E-state index in [1.165, 1.54) is 5.56 Å². The Bertz CT molecular complexity index is 1300. The Morgan fingerprint density at radius 3 is 2.35 bits per heavy atom. The molecule has 1 unspecified atom stereocenters. The summed E-state index contributed by atoms with van der Waals surface area (Å²) >= 11 is 12.4. The number of anilines is 3. The molecule has 3 N–H and O–H groups in total. The normalized spacial score (nSPS) is 17.4.